The molecule has 0 aromatic heterocycles. The highest BCUT2D eigenvalue weighted by molar-refractivity contribution is 7.99. The molecular weight excluding hydrogens is 182 g/mol. The molecule has 0 aromatic carbocycles. The molecule has 13 heavy (non-hydrogen) atoms. The molecule has 1 atom stereocenters. The molecule has 1 N–H and O–H groups in total. The quantitative estimate of drug-likeness (QED) is 0.678. The molecule has 72 valence electrons. The molecule has 2 nitrogen and oxygen atoms in total. The van der Waals surface area contributed by atoms with Gasteiger partial charge in [-0.1, -0.05) is 12.3 Å². The molecule has 1 heterocycles. The Morgan fingerprint density at radius 2 is 2.46 bits per heavy atom. The molecule has 1 unspecified atom stereocenters. The minimum absolute atomic E-state index is 0.145. The number of hydrogen-bond acceptors (Lipinski definition) is 2. The van der Waals surface area contributed by atoms with Crippen LogP contribution >= 0.6 is 11.8 Å². The summed E-state index contributed by atoms with van der Waals surface area (Å²) in [7, 11) is 0. The fourth-order valence-corrected chi connectivity index (χ4v) is 2.57. The van der Waals surface area contributed by atoms with Gasteiger partial charge in [0.25, 0.3) is 5.91 Å². The first-order valence-electron chi connectivity index (χ1n) is 4.65. The second kappa shape index (κ2) is 5.93. The molecule has 3 heteroatoms. The third kappa shape index (κ3) is 4.23. The second-order valence-electron chi connectivity index (χ2n) is 3.07. The Balaban J connectivity index is 2.16. The zero-order chi connectivity index (χ0) is 9.52. The Morgan fingerprint density at radius 3 is 3.08 bits per heavy atom. The van der Waals surface area contributed by atoms with E-state index in [4.69, 9.17) is 0 Å². The largest absolute Gasteiger partial charge is 0.344 e. The van der Waals surface area contributed by atoms with Gasteiger partial charge in [-0.15, -0.1) is 0 Å². The number of carbonyl (C=O) groups excluding carboxylic acids is 1. The fourth-order valence-electron chi connectivity index (χ4n) is 1.33. The van der Waals surface area contributed by atoms with Crippen LogP contribution in [-0.4, -0.2) is 23.5 Å². The first kappa shape index (κ1) is 10.5. The van der Waals surface area contributed by atoms with Gasteiger partial charge in [-0.25, -0.2) is 0 Å². The maximum absolute atomic E-state index is 11.0. The standard InChI is InChI=1S/C10H15NOS/c1-2-5-10(12)11-8-9-6-3-4-7-13-9/h9H,3-4,6-8H2,1H3,(H,11,12). The van der Waals surface area contributed by atoms with Crippen LogP contribution in [0.2, 0.25) is 0 Å². The van der Waals surface area contributed by atoms with Crippen molar-refractivity contribution in [1.82, 2.24) is 5.32 Å². The minimum atomic E-state index is -0.145. The van der Waals surface area contributed by atoms with Crippen LogP contribution < -0.4 is 5.32 Å². The van der Waals surface area contributed by atoms with E-state index in [1.165, 1.54) is 25.0 Å². The lowest BCUT2D eigenvalue weighted by atomic mass is 10.2. The van der Waals surface area contributed by atoms with Crippen molar-refractivity contribution in [3.05, 3.63) is 0 Å². The molecular formula is C10H15NOS. The molecule has 1 saturated heterocycles. The van der Waals surface area contributed by atoms with Gasteiger partial charge in [0, 0.05) is 11.8 Å². The lowest BCUT2D eigenvalue weighted by molar-refractivity contribution is -0.115. The monoisotopic (exact) mass is 197 g/mol. The summed E-state index contributed by atoms with van der Waals surface area (Å²) in [5.41, 5.74) is 0. The lowest BCUT2D eigenvalue weighted by Crippen LogP contribution is -2.30. The number of hydrogen-bond donors (Lipinski definition) is 1. The van der Waals surface area contributed by atoms with Crippen molar-refractivity contribution in [3.8, 4) is 11.8 Å². The summed E-state index contributed by atoms with van der Waals surface area (Å²) in [6, 6.07) is 0. The highest BCUT2D eigenvalue weighted by Gasteiger charge is 2.13. The zero-order valence-electron chi connectivity index (χ0n) is 7.93. The number of amides is 1. The van der Waals surface area contributed by atoms with Crippen molar-refractivity contribution >= 4 is 17.7 Å². The Bertz CT molecular complexity index is 223. The smallest absolute Gasteiger partial charge is 0.295 e. The molecule has 0 aliphatic carbocycles. The number of rotatable bonds is 2. The van der Waals surface area contributed by atoms with Gasteiger partial charge in [0.2, 0.25) is 0 Å². The maximum Gasteiger partial charge on any atom is 0.295 e. The van der Waals surface area contributed by atoms with Gasteiger partial charge < -0.3 is 5.32 Å². The molecule has 0 saturated carbocycles. The van der Waals surface area contributed by atoms with Gasteiger partial charge in [0.05, 0.1) is 0 Å². The van der Waals surface area contributed by atoms with Crippen molar-refractivity contribution in [2.24, 2.45) is 0 Å². The van der Waals surface area contributed by atoms with E-state index in [0.717, 1.165) is 6.54 Å². The van der Waals surface area contributed by atoms with Gasteiger partial charge >= 0.3 is 0 Å². The predicted octanol–water partition coefficient (Wildman–Crippen LogP) is 1.41. The Morgan fingerprint density at radius 1 is 1.62 bits per heavy atom. The van der Waals surface area contributed by atoms with Gasteiger partial charge in [-0.05, 0) is 31.4 Å². The topological polar surface area (TPSA) is 29.1 Å². The summed E-state index contributed by atoms with van der Waals surface area (Å²) in [6.07, 6.45) is 3.85. The van der Waals surface area contributed by atoms with Gasteiger partial charge in [0.15, 0.2) is 0 Å². The van der Waals surface area contributed by atoms with E-state index < -0.39 is 0 Å². The molecule has 1 aliphatic rings. The van der Waals surface area contributed by atoms with Gasteiger partial charge in [0.1, 0.15) is 0 Å². The summed E-state index contributed by atoms with van der Waals surface area (Å²) >= 11 is 1.96. The Hall–Kier alpha value is -0.620. The molecule has 0 bridgehead atoms. The van der Waals surface area contributed by atoms with E-state index in [-0.39, 0.29) is 5.91 Å². The molecule has 0 aromatic rings. The molecule has 0 radical (unpaired) electrons. The van der Waals surface area contributed by atoms with Crippen molar-refractivity contribution < 1.29 is 4.79 Å². The molecule has 1 aliphatic heterocycles. The van der Waals surface area contributed by atoms with E-state index in [0.29, 0.717) is 5.25 Å². The van der Waals surface area contributed by atoms with Crippen LogP contribution in [0.25, 0.3) is 0 Å². The minimum Gasteiger partial charge on any atom is -0.344 e. The first-order chi connectivity index (χ1) is 6.33. The van der Waals surface area contributed by atoms with Crippen LogP contribution in [0.1, 0.15) is 26.2 Å². The predicted molar refractivity (Wildman–Crippen MR) is 56.6 cm³/mol. The Labute approximate surface area is 83.9 Å². The third-order valence-electron chi connectivity index (χ3n) is 2.00. The van der Waals surface area contributed by atoms with Crippen molar-refractivity contribution in [3.63, 3.8) is 0 Å². The van der Waals surface area contributed by atoms with Crippen LogP contribution in [0.3, 0.4) is 0 Å². The van der Waals surface area contributed by atoms with Crippen LogP contribution in [0.5, 0.6) is 0 Å². The molecule has 1 amide bonds. The molecule has 1 rings (SSSR count). The van der Waals surface area contributed by atoms with Crippen molar-refractivity contribution in [1.29, 1.82) is 0 Å². The molecule has 1 fully saturated rings. The maximum atomic E-state index is 11.0. The highest BCUT2D eigenvalue weighted by atomic mass is 32.2. The summed E-state index contributed by atoms with van der Waals surface area (Å²) in [6.45, 7) is 2.45. The van der Waals surface area contributed by atoms with Crippen LogP contribution in [0.4, 0.5) is 0 Å². The van der Waals surface area contributed by atoms with E-state index in [2.05, 4.69) is 17.2 Å². The molecule has 0 spiro atoms. The van der Waals surface area contributed by atoms with Gasteiger partial charge in [-0.3, -0.25) is 4.79 Å². The summed E-state index contributed by atoms with van der Waals surface area (Å²) < 4.78 is 0. The van der Waals surface area contributed by atoms with Crippen LogP contribution in [0, 0.1) is 11.8 Å². The third-order valence-corrected chi connectivity index (χ3v) is 3.40. The van der Waals surface area contributed by atoms with Crippen molar-refractivity contribution in [2.75, 3.05) is 12.3 Å². The highest BCUT2D eigenvalue weighted by Crippen LogP contribution is 2.24. The zero-order valence-corrected chi connectivity index (χ0v) is 8.75. The lowest BCUT2D eigenvalue weighted by Gasteiger charge is -2.20. The van der Waals surface area contributed by atoms with E-state index in [1.54, 1.807) is 6.92 Å². The average Bonchev–Trinajstić information content (AvgIpc) is 2.17. The van der Waals surface area contributed by atoms with E-state index in [9.17, 15) is 4.79 Å². The fraction of sp³-hybridized carbons (Fsp3) is 0.700. The van der Waals surface area contributed by atoms with E-state index >= 15 is 0 Å². The van der Waals surface area contributed by atoms with E-state index in [1.807, 2.05) is 11.8 Å². The summed E-state index contributed by atoms with van der Waals surface area (Å²) in [5, 5.41) is 3.43. The normalized spacial score (nSPS) is 21.5. The second-order valence-corrected chi connectivity index (χ2v) is 4.48. The summed E-state index contributed by atoms with van der Waals surface area (Å²) in [4.78, 5) is 11.0. The van der Waals surface area contributed by atoms with Crippen LogP contribution in [0.15, 0.2) is 0 Å². The summed E-state index contributed by atoms with van der Waals surface area (Å²) in [5.74, 6) is 6.15. The Kier molecular flexibility index (Phi) is 4.77. The first-order valence-corrected chi connectivity index (χ1v) is 5.70. The average molecular weight is 197 g/mol. The number of thioether (sulfide) groups is 1. The van der Waals surface area contributed by atoms with Crippen molar-refractivity contribution in [2.45, 2.75) is 31.4 Å². The van der Waals surface area contributed by atoms with Gasteiger partial charge in [-0.2, -0.15) is 11.8 Å². The number of carbonyl (C=O) groups is 1. The SMILES string of the molecule is CC#CC(=O)NCC1CCCCS1. The van der Waals surface area contributed by atoms with Crippen LogP contribution in [-0.2, 0) is 4.79 Å². The number of nitrogens with one attached hydrogen (secondary N) is 1.